The third kappa shape index (κ3) is 2.92. The van der Waals surface area contributed by atoms with Crippen molar-refractivity contribution in [3.05, 3.63) is 51.7 Å². The van der Waals surface area contributed by atoms with E-state index in [1.165, 1.54) is 35.6 Å². The molecule has 5 heteroatoms. The lowest BCUT2D eigenvalue weighted by atomic mass is 10.2. The highest BCUT2D eigenvalue weighted by Crippen LogP contribution is 2.17. The molecule has 0 spiro atoms. The van der Waals surface area contributed by atoms with Crippen LogP contribution in [0, 0.1) is 12.7 Å². The Balaban J connectivity index is 2.05. The Labute approximate surface area is 109 Å². The van der Waals surface area contributed by atoms with E-state index in [1.807, 2.05) is 19.2 Å². The number of aromatic nitrogens is 1. The van der Waals surface area contributed by atoms with Crippen LogP contribution in [0.2, 0.25) is 0 Å². The van der Waals surface area contributed by atoms with Crippen LogP contribution in [0.4, 0.5) is 4.39 Å². The Morgan fingerprint density at radius 1 is 1.39 bits per heavy atom. The lowest BCUT2D eigenvalue weighted by molar-refractivity contribution is 0.0940. The van der Waals surface area contributed by atoms with E-state index in [9.17, 15) is 9.18 Å². The molecule has 1 unspecified atom stereocenters. The van der Waals surface area contributed by atoms with Gasteiger partial charge in [0.2, 0.25) is 0 Å². The molecule has 1 N–H and O–H groups in total. The molecule has 94 valence electrons. The van der Waals surface area contributed by atoms with Crippen LogP contribution in [0.5, 0.6) is 0 Å². The van der Waals surface area contributed by atoms with Gasteiger partial charge in [0, 0.05) is 16.6 Å². The third-order valence-electron chi connectivity index (χ3n) is 2.46. The second-order valence-electron chi connectivity index (χ2n) is 4.03. The Kier molecular flexibility index (Phi) is 3.72. The Morgan fingerprint density at radius 3 is 2.61 bits per heavy atom. The van der Waals surface area contributed by atoms with Crippen molar-refractivity contribution < 1.29 is 9.18 Å². The Hall–Kier alpha value is -1.75. The number of nitrogens with zero attached hydrogens (tertiary/aromatic N) is 1. The van der Waals surface area contributed by atoms with Crippen LogP contribution >= 0.6 is 11.3 Å². The molecule has 18 heavy (non-hydrogen) atoms. The average Bonchev–Trinajstić information content (AvgIpc) is 2.76. The number of halogens is 1. The first-order chi connectivity index (χ1) is 8.56. The summed E-state index contributed by atoms with van der Waals surface area (Å²) < 4.78 is 12.7. The van der Waals surface area contributed by atoms with Gasteiger partial charge in [0.1, 0.15) is 10.8 Å². The molecule has 0 bridgehead atoms. The summed E-state index contributed by atoms with van der Waals surface area (Å²) in [5.74, 6) is -0.578. The molecule has 2 rings (SSSR count). The number of nitrogens with one attached hydrogen (secondary N) is 1. The Bertz CT molecular complexity index is 550. The summed E-state index contributed by atoms with van der Waals surface area (Å²) in [5, 5.41) is 5.64. The van der Waals surface area contributed by atoms with Gasteiger partial charge in [0.25, 0.3) is 5.91 Å². The first-order valence-corrected chi connectivity index (χ1v) is 6.42. The largest absolute Gasteiger partial charge is 0.343 e. The summed E-state index contributed by atoms with van der Waals surface area (Å²) >= 11 is 1.51. The summed E-state index contributed by atoms with van der Waals surface area (Å²) in [6, 6.07) is 5.32. The highest BCUT2D eigenvalue weighted by molar-refractivity contribution is 7.09. The van der Waals surface area contributed by atoms with Crippen LogP contribution in [0.25, 0.3) is 0 Å². The van der Waals surface area contributed by atoms with E-state index < -0.39 is 0 Å². The van der Waals surface area contributed by atoms with Crippen LogP contribution in [0.3, 0.4) is 0 Å². The van der Waals surface area contributed by atoms with E-state index in [0.29, 0.717) is 5.56 Å². The van der Waals surface area contributed by atoms with Gasteiger partial charge >= 0.3 is 0 Å². The third-order valence-corrected chi connectivity index (χ3v) is 3.61. The topological polar surface area (TPSA) is 42.0 Å². The zero-order valence-electron chi connectivity index (χ0n) is 10.1. The maximum atomic E-state index is 12.7. The highest BCUT2D eigenvalue weighted by atomic mass is 32.1. The second kappa shape index (κ2) is 5.27. The van der Waals surface area contributed by atoms with Crippen molar-refractivity contribution in [2.75, 3.05) is 0 Å². The van der Waals surface area contributed by atoms with Crippen LogP contribution in [0.15, 0.2) is 29.6 Å². The zero-order valence-corrected chi connectivity index (χ0v) is 10.9. The number of benzene rings is 1. The first kappa shape index (κ1) is 12.7. The van der Waals surface area contributed by atoms with Gasteiger partial charge < -0.3 is 5.32 Å². The average molecular weight is 264 g/mol. The molecule has 0 saturated carbocycles. The predicted molar refractivity (Wildman–Crippen MR) is 69.1 cm³/mol. The number of carbonyl (C=O) groups is 1. The molecule has 0 aliphatic heterocycles. The minimum atomic E-state index is -0.352. The minimum Gasteiger partial charge on any atom is -0.343 e. The summed E-state index contributed by atoms with van der Waals surface area (Å²) in [6.45, 7) is 3.79. The molecule has 1 aromatic heterocycles. The lowest BCUT2D eigenvalue weighted by Gasteiger charge is -2.11. The van der Waals surface area contributed by atoms with E-state index in [-0.39, 0.29) is 17.8 Å². The fourth-order valence-corrected chi connectivity index (χ4v) is 2.32. The normalized spacial score (nSPS) is 12.2. The molecule has 2 aromatic rings. The number of amides is 1. The molecule has 1 aromatic carbocycles. The minimum absolute atomic E-state index is 0.152. The maximum Gasteiger partial charge on any atom is 0.251 e. The maximum absolute atomic E-state index is 12.7. The van der Waals surface area contributed by atoms with Gasteiger partial charge in [-0.2, -0.15) is 0 Å². The number of aryl methyl sites for hydroxylation is 1. The van der Waals surface area contributed by atoms with Crippen LogP contribution < -0.4 is 5.32 Å². The van der Waals surface area contributed by atoms with Crippen molar-refractivity contribution in [2.45, 2.75) is 19.9 Å². The molecule has 0 aliphatic rings. The van der Waals surface area contributed by atoms with Gasteiger partial charge in [-0.3, -0.25) is 4.79 Å². The van der Waals surface area contributed by atoms with Crippen molar-refractivity contribution in [3.63, 3.8) is 0 Å². The summed E-state index contributed by atoms with van der Waals surface area (Å²) in [6.07, 6.45) is 0. The summed E-state index contributed by atoms with van der Waals surface area (Å²) in [5.41, 5.74) is 1.38. The van der Waals surface area contributed by atoms with Crippen molar-refractivity contribution in [1.29, 1.82) is 0 Å². The van der Waals surface area contributed by atoms with E-state index in [2.05, 4.69) is 10.3 Å². The van der Waals surface area contributed by atoms with Crippen molar-refractivity contribution in [2.24, 2.45) is 0 Å². The molecule has 0 fully saturated rings. The van der Waals surface area contributed by atoms with E-state index >= 15 is 0 Å². The molecular weight excluding hydrogens is 251 g/mol. The lowest BCUT2D eigenvalue weighted by Crippen LogP contribution is -2.26. The number of carbonyl (C=O) groups excluding carboxylic acids is 1. The molecule has 1 heterocycles. The van der Waals surface area contributed by atoms with E-state index in [4.69, 9.17) is 0 Å². The van der Waals surface area contributed by atoms with Gasteiger partial charge in [-0.1, -0.05) is 0 Å². The standard InChI is InChI=1S/C13H13FN2OS/c1-8-7-18-13(15-8)9(2)16-12(17)10-3-5-11(14)6-4-10/h3-7,9H,1-2H3,(H,16,17). The van der Waals surface area contributed by atoms with Crippen molar-refractivity contribution in [3.8, 4) is 0 Å². The SMILES string of the molecule is Cc1csc(C(C)NC(=O)c2ccc(F)cc2)n1. The van der Waals surface area contributed by atoms with E-state index in [0.717, 1.165) is 10.7 Å². The Morgan fingerprint density at radius 2 is 2.06 bits per heavy atom. The summed E-state index contributed by atoms with van der Waals surface area (Å²) in [7, 11) is 0. The van der Waals surface area contributed by atoms with Gasteiger partial charge in [-0.15, -0.1) is 11.3 Å². The number of hydrogen-bond acceptors (Lipinski definition) is 3. The molecule has 3 nitrogen and oxygen atoms in total. The van der Waals surface area contributed by atoms with Crippen molar-refractivity contribution >= 4 is 17.2 Å². The van der Waals surface area contributed by atoms with Gasteiger partial charge in [0.05, 0.1) is 6.04 Å². The number of thiazole rings is 1. The zero-order chi connectivity index (χ0) is 13.1. The van der Waals surface area contributed by atoms with Crippen LogP contribution in [-0.2, 0) is 0 Å². The van der Waals surface area contributed by atoms with Crippen LogP contribution in [-0.4, -0.2) is 10.9 Å². The predicted octanol–water partition coefficient (Wildman–Crippen LogP) is 3.08. The molecule has 1 atom stereocenters. The molecule has 0 aliphatic carbocycles. The number of rotatable bonds is 3. The van der Waals surface area contributed by atoms with Crippen molar-refractivity contribution in [1.82, 2.24) is 10.3 Å². The molecule has 0 radical (unpaired) electrons. The smallest absolute Gasteiger partial charge is 0.251 e. The molecular formula is C13H13FN2OS. The van der Waals surface area contributed by atoms with E-state index in [1.54, 1.807) is 0 Å². The first-order valence-electron chi connectivity index (χ1n) is 5.54. The molecule has 0 saturated heterocycles. The van der Waals surface area contributed by atoms with Gasteiger partial charge in [-0.25, -0.2) is 9.37 Å². The van der Waals surface area contributed by atoms with Gasteiger partial charge in [-0.05, 0) is 38.1 Å². The summed E-state index contributed by atoms with van der Waals surface area (Å²) in [4.78, 5) is 16.2. The highest BCUT2D eigenvalue weighted by Gasteiger charge is 2.13. The second-order valence-corrected chi connectivity index (χ2v) is 4.92. The fraction of sp³-hybridized carbons (Fsp3) is 0.231. The fourth-order valence-electron chi connectivity index (χ4n) is 1.51. The number of hydrogen-bond donors (Lipinski definition) is 1. The monoisotopic (exact) mass is 264 g/mol. The van der Waals surface area contributed by atoms with Gasteiger partial charge in [0.15, 0.2) is 0 Å². The quantitative estimate of drug-likeness (QED) is 0.925. The molecule has 1 amide bonds. The van der Waals surface area contributed by atoms with Crippen LogP contribution in [0.1, 0.15) is 34.0 Å².